The summed E-state index contributed by atoms with van der Waals surface area (Å²) in [7, 11) is 1.24. The van der Waals surface area contributed by atoms with Gasteiger partial charge in [0.15, 0.2) is 11.7 Å². The Balaban J connectivity index is 2.00. The fourth-order valence-corrected chi connectivity index (χ4v) is 2.56. The predicted octanol–water partition coefficient (Wildman–Crippen LogP) is 1.56. The molecule has 0 fully saturated rings. The molecule has 24 heavy (non-hydrogen) atoms. The Hall–Kier alpha value is -3.08. The van der Waals surface area contributed by atoms with Crippen LogP contribution in [0.3, 0.4) is 0 Å². The van der Waals surface area contributed by atoms with E-state index in [2.05, 4.69) is 20.0 Å². The third-order valence-corrected chi connectivity index (χ3v) is 3.75. The molecule has 0 aliphatic carbocycles. The van der Waals surface area contributed by atoms with E-state index in [1.165, 1.54) is 25.4 Å². The third kappa shape index (κ3) is 4.01. The van der Waals surface area contributed by atoms with Gasteiger partial charge in [0, 0.05) is 0 Å². The average molecular weight is 352 g/mol. The van der Waals surface area contributed by atoms with Crippen LogP contribution < -0.4 is 10.1 Å². The van der Waals surface area contributed by atoms with Crippen LogP contribution in [-0.2, 0) is 9.53 Å². The number of ether oxygens (including phenoxy) is 2. The van der Waals surface area contributed by atoms with E-state index in [9.17, 15) is 19.7 Å². The first-order valence-corrected chi connectivity index (χ1v) is 7.31. The van der Waals surface area contributed by atoms with Gasteiger partial charge in [-0.05, 0) is 29.0 Å². The number of carbonyl (C=O) groups excluding carboxylic acids is 2. The molecule has 0 bridgehead atoms. The molecule has 0 unspecified atom stereocenters. The smallest absolute Gasteiger partial charge is 0.406 e. The molecule has 0 aromatic carbocycles. The molecule has 2 heterocycles. The number of amides is 1. The quantitative estimate of drug-likeness (QED) is 0.470. The van der Waals surface area contributed by atoms with E-state index in [4.69, 9.17) is 4.74 Å². The molecular weight excluding hydrogens is 340 g/mol. The lowest BCUT2D eigenvalue weighted by molar-refractivity contribution is -0.390. The second kappa shape index (κ2) is 7.46. The highest BCUT2D eigenvalue weighted by molar-refractivity contribution is 7.17. The number of rotatable bonds is 6. The van der Waals surface area contributed by atoms with Crippen LogP contribution in [0.1, 0.15) is 15.4 Å². The van der Waals surface area contributed by atoms with Crippen molar-refractivity contribution in [3.05, 3.63) is 39.0 Å². The molecule has 0 aliphatic rings. The summed E-state index contributed by atoms with van der Waals surface area (Å²) in [6, 6.07) is 2.79. The number of anilines is 1. The molecule has 0 saturated heterocycles. The van der Waals surface area contributed by atoms with Crippen LogP contribution in [0.5, 0.6) is 5.75 Å². The number of methoxy groups -OCH3 is 1. The number of hydrogen-bond acceptors (Lipinski definition) is 9. The summed E-state index contributed by atoms with van der Waals surface area (Å²) in [5.41, 5.74) is 0.422. The number of thiazole rings is 1. The van der Waals surface area contributed by atoms with Gasteiger partial charge < -0.3 is 19.6 Å². The molecule has 1 N–H and O–H groups in total. The number of aryl methyl sites for hydroxylation is 1. The first-order valence-electron chi connectivity index (χ1n) is 6.50. The summed E-state index contributed by atoms with van der Waals surface area (Å²) in [4.78, 5) is 41.3. The van der Waals surface area contributed by atoms with Crippen molar-refractivity contribution in [2.75, 3.05) is 19.0 Å². The van der Waals surface area contributed by atoms with Crippen molar-refractivity contribution in [2.24, 2.45) is 0 Å². The molecule has 0 aliphatic heterocycles. The molecule has 0 saturated carbocycles. The Kier molecular flexibility index (Phi) is 5.37. The number of aromatic nitrogens is 2. The van der Waals surface area contributed by atoms with Crippen molar-refractivity contribution in [1.29, 1.82) is 0 Å². The topological polar surface area (TPSA) is 134 Å². The average Bonchev–Trinajstić information content (AvgIpc) is 2.92. The Morgan fingerprint density at radius 3 is 2.88 bits per heavy atom. The molecule has 0 spiro atoms. The second-order valence-electron chi connectivity index (χ2n) is 4.34. The fraction of sp³-hybridized carbons (Fsp3) is 0.231. The van der Waals surface area contributed by atoms with Gasteiger partial charge >= 0.3 is 11.8 Å². The molecule has 0 atom stereocenters. The zero-order valence-corrected chi connectivity index (χ0v) is 13.5. The van der Waals surface area contributed by atoms with Crippen LogP contribution in [0.2, 0.25) is 0 Å². The van der Waals surface area contributed by atoms with Gasteiger partial charge in [0.05, 0.1) is 12.8 Å². The second-order valence-corrected chi connectivity index (χ2v) is 5.34. The van der Waals surface area contributed by atoms with E-state index in [1.807, 2.05) is 0 Å². The molecule has 1 amide bonds. The Morgan fingerprint density at radius 1 is 1.46 bits per heavy atom. The highest BCUT2D eigenvalue weighted by Crippen LogP contribution is 2.24. The minimum atomic E-state index is -0.708. The van der Waals surface area contributed by atoms with Crippen LogP contribution >= 0.6 is 11.3 Å². The SMILES string of the molecule is COC(=O)c1sc(NC(=O)COc2cccnc2[N+](=O)[O-])nc1C. The summed E-state index contributed by atoms with van der Waals surface area (Å²) in [6.45, 7) is 1.13. The van der Waals surface area contributed by atoms with E-state index in [0.717, 1.165) is 11.3 Å². The number of hydrogen-bond donors (Lipinski definition) is 1. The van der Waals surface area contributed by atoms with Gasteiger partial charge in [0.1, 0.15) is 11.1 Å². The number of esters is 1. The summed E-state index contributed by atoms with van der Waals surface area (Å²) >= 11 is 0.957. The number of pyridine rings is 1. The van der Waals surface area contributed by atoms with Crippen molar-refractivity contribution in [3.63, 3.8) is 0 Å². The molecule has 2 aromatic rings. The van der Waals surface area contributed by atoms with Crippen molar-refractivity contribution in [3.8, 4) is 5.75 Å². The van der Waals surface area contributed by atoms with Gasteiger partial charge in [-0.25, -0.2) is 9.78 Å². The van der Waals surface area contributed by atoms with Gasteiger partial charge in [-0.1, -0.05) is 11.3 Å². The van der Waals surface area contributed by atoms with Crippen molar-refractivity contribution in [1.82, 2.24) is 9.97 Å². The fourth-order valence-electron chi connectivity index (χ4n) is 1.66. The van der Waals surface area contributed by atoms with E-state index in [-0.39, 0.29) is 15.8 Å². The maximum absolute atomic E-state index is 11.9. The van der Waals surface area contributed by atoms with E-state index < -0.39 is 29.2 Å². The minimum Gasteiger partial charge on any atom is -0.476 e. The van der Waals surface area contributed by atoms with Crippen LogP contribution in [0.4, 0.5) is 10.9 Å². The molecule has 0 radical (unpaired) electrons. The van der Waals surface area contributed by atoms with Gasteiger partial charge in [0.2, 0.25) is 5.75 Å². The molecule has 2 aromatic heterocycles. The standard InChI is InChI=1S/C13H12N4O6S/c1-7-10(12(19)22-2)24-13(15-7)16-9(18)6-23-8-4-3-5-14-11(8)17(20)21/h3-5H,6H2,1-2H3,(H,15,16,18). The Bertz CT molecular complexity index is 791. The maximum atomic E-state index is 11.9. The maximum Gasteiger partial charge on any atom is 0.406 e. The number of nitrogens with zero attached hydrogens (tertiary/aromatic N) is 3. The summed E-state index contributed by atoms with van der Waals surface area (Å²) in [6.07, 6.45) is 1.25. The number of carbonyl (C=O) groups is 2. The third-order valence-electron chi connectivity index (χ3n) is 2.70. The highest BCUT2D eigenvalue weighted by Gasteiger charge is 2.19. The molecular formula is C13H12N4O6S. The van der Waals surface area contributed by atoms with Crippen LogP contribution in [0, 0.1) is 17.0 Å². The lowest BCUT2D eigenvalue weighted by atomic mass is 10.4. The van der Waals surface area contributed by atoms with E-state index in [1.54, 1.807) is 6.92 Å². The van der Waals surface area contributed by atoms with Gasteiger partial charge in [0.25, 0.3) is 5.91 Å². The highest BCUT2D eigenvalue weighted by atomic mass is 32.1. The molecule has 11 heteroatoms. The van der Waals surface area contributed by atoms with Gasteiger partial charge in [-0.15, -0.1) is 0 Å². The Morgan fingerprint density at radius 2 is 2.21 bits per heavy atom. The zero-order valence-electron chi connectivity index (χ0n) is 12.6. The van der Waals surface area contributed by atoms with Crippen LogP contribution in [-0.4, -0.2) is 40.5 Å². The lowest BCUT2D eigenvalue weighted by Crippen LogP contribution is -2.20. The first-order chi connectivity index (χ1) is 11.4. The normalized spacial score (nSPS) is 10.1. The molecule has 2 rings (SSSR count). The number of nitro groups is 1. The Labute approximate surface area is 139 Å². The van der Waals surface area contributed by atoms with E-state index >= 15 is 0 Å². The number of nitrogens with one attached hydrogen (secondary N) is 1. The molecule has 126 valence electrons. The zero-order chi connectivity index (χ0) is 17.7. The monoisotopic (exact) mass is 352 g/mol. The minimum absolute atomic E-state index is 0.122. The molecule has 10 nitrogen and oxygen atoms in total. The first kappa shape index (κ1) is 17.3. The lowest BCUT2D eigenvalue weighted by Gasteiger charge is -2.05. The van der Waals surface area contributed by atoms with Crippen molar-refractivity contribution < 1.29 is 24.0 Å². The van der Waals surface area contributed by atoms with E-state index in [0.29, 0.717) is 5.69 Å². The summed E-state index contributed by atoms with van der Waals surface area (Å²) < 4.78 is 9.71. The van der Waals surface area contributed by atoms with Crippen molar-refractivity contribution >= 4 is 34.2 Å². The van der Waals surface area contributed by atoms with Crippen molar-refractivity contribution in [2.45, 2.75) is 6.92 Å². The van der Waals surface area contributed by atoms with Gasteiger partial charge in [-0.2, -0.15) is 0 Å². The predicted molar refractivity (Wildman–Crippen MR) is 83.2 cm³/mol. The van der Waals surface area contributed by atoms with Gasteiger partial charge in [-0.3, -0.25) is 10.1 Å². The van der Waals surface area contributed by atoms with Crippen LogP contribution in [0.25, 0.3) is 0 Å². The summed E-state index contributed by atoms with van der Waals surface area (Å²) in [5.74, 6) is -1.74. The largest absolute Gasteiger partial charge is 0.476 e. The summed E-state index contributed by atoms with van der Waals surface area (Å²) in [5, 5.41) is 13.4. The van der Waals surface area contributed by atoms with Crippen LogP contribution in [0.15, 0.2) is 18.3 Å².